The lowest BCUT2D eigenvalue weighted by molar-refractivity contribution is 0.173. The van der Waals surface area contributed by atoms with E-state index in [1.807, 2.05) is 12.1 Å². The van der Waals surface area contributed by atoms with Gasteiger partial charge < -0.3 is 23.5 Å². The summed E-state index contributed by atoms with van der Waals surface area (Å²) in [6, 6.07) is 38.2. The van der Waals surface area contributed by atoms with Crippen LogP contribution < -0.4 is 18.9 Å². The van der Waals surface area contributed by atoms with Crippen LogP contribution in [0.15, 0.2) is 109 Å². The van der Waals surface area contributed by atoms with Crippen LogP contribution in [0.4, 0.5) is 0 Å². The third-order valence-electron chi connectivity index (χ3n) is 8.95. The van der Waals surface area contributed by atoms with Crippen molar-refractivity contribution >= 4 is 10.8 Å². The topological polar surface area (TPSA) is 58.0 Å². The Balaban J connectivity index is 1.25. The highest BCUT2D eigenvalue weighted by Gasteiger charge is 2.24. The number of rotatable bonds is 11. The fourth-order valence-electron chi connectivity index (χ4n) is 6.63. The van der Waals surface area contributed by atoms with E-state index in [1.165, 1.54) is 16.5 Å². The maximum absolute atomic E-state index is 5.75. The Morgan fingerprint density at radius 1 is 0.660 bits per heavy atom. The molecule has 0 aliphatic carbocycles. The molecule has 7 nitrogen and oxygen atoms in total. The highest BCUT2D eigenvalue weighted by molar-refractivity contribution is 5.95. The van der Waals surface area contributed by atoms with E-state index in [-0.39, 0.29) is 13.6 Å². The summed E-state index contributed by atoms with van der Waals surface area (Å²) < 4.78 is 25.2. The molecule has 0 saturated heterocycles. The van der Waals surface area contributed by atoms with Gasteiger partial charge in [0.2, 0.25) is 13.6 Å². The number of benzene rings is 5. The van der Waals surface area contributed by atoms with Crippen LogP contribution in [0.25, 0.3) is 33.4 Å². The lowest BCUT2D eigenvalue weighted by atomic mass is 10.0. The van der Waals surface area contributed by atoms with Crippen molar-refractivity contribution in [3.8, 4) is 45.6 Å². The van der Waals surface area contributed by atoms with E-state index in [2.05, 4.69) is 113 Å². The molecule has 5 aromatic carbocycles. The Labute approximate surface area is 274 Å². The van der Waals surface area contributed by atoms with Gasteiger partial charge in [-0.25, -0.2) is 4.98 Å². The molecule has 0 unspecified atom stereocenters. The van der Waals surface area contributed by atoms with Gasteiger partial charge in [-0.3, -0.25) is 4.90 Å². The largest absolute Gasteiger partial charge is 0.454 e. The Bertz CT molecular complexity index is 1970. The number of unbranched alkanes of at least 4 members (excludes halogenated alkanes) is 1. The van der Waals surface area contributed by atoms with Gasteiger partial charge in [0, 0.05) is 37.3 Å². The second-order valence-corrected chi connectivity index (χ2v) is 12.1. The molecule has 2 aliphatic rings. The highest BCUT2D eigenvalue weighted by Crippen LogP contribution is 2.37. The second-order valence-electron chi connectivity index (χ2n) is 12.1. The Hall–Kier alpha value is -5.27. The molecule has 0 bridgehead atoms. The minimum atomic E-state index is 0.258. The summed E-state index contributed by atoms with van der Waals surface area (Å²) >= 11 is 0. The van der Waals surface area contributed by atoms with Gasteiger partial charge in [0.25, 0.3) is 0 Å². The minimum Gasteiger partial charge on any atom is -0.454 e. The molecule has 0 radical (unpaired) electrons. The number of aromatic nitrogens is 2. The molecule has 0 N–H and O–H groups in total. The smallest absolute Gasteiger partial charge is 0.231 e. The van der Waals surface area contributed by atoms with E-state index in [1.54, 1.807) is 0 Å². The third-order valence-corrected chi connectivity index (χ3v) is 8.95. The molecular weight excluding hydrogens is 586 g/mol. The van der Waals surface area contributed by atoms with Crippen molar-refractivity contribution in [2.24, 2.45) is 0 Å². The molecule has 0 saturated carbocycles. The molecule has 47 heavy (non-hydrogen) atoms. The number of hydrogen-bond acceptors (Lipinski definition) is 6. The van der Waals surface area contributed by atoms with Gasteiger partial charge >= 0.3 is 0 Å². The summed E-state index contributed by atoms with van der Waals surface area (Å²) in [7, 11) is 0. The van der Waals surface area contributed by atoms with Crippen molar-refractivity contribution in [3.05, 3.63) is 126 Å². The molecule has 7 heteroatoms. The molecule has 6 aromatic rings. The van der Waals surface area contributed by atoms with Gasteiger partial charge in [-0.2, -0.15) is 0 Å². The van der Waals surface area contributed by atoms with Gasteiger partial charge in [-0.05, 0) is 52.6 Å². The lowest BCUT2D eigenvalue weighted by Crippen LogP contribution is -2.24. The van der Waals surface area contributed by atoms with Crippen LogP contribution in [-0.2, 0) is 26.2 Å². The summed E-state index contributed by atoms with van der Waals surface area (Å²) in [4.78, 5) is 7.96. The fraction of sp³-hybridized carbons (Fsp3) is 0.225. The van der Waals surface area contributed by atoms with Gasteiger partial charge in [0.05, 0.1) is 11.4 Å². The van der Waals surface area contributed by atoms with Crippen LogP contribution in [0.1, 0.15) is 36.6 Å². The van der Waals surface area contributed by atoms with E-state index in [0.29, 0.717) is 19.6 Å². The van der Waals surface area contributed by atoms with Crippen molar-refractivity contribution in [2.75, 3.05) is 13.6 Å². The summed E-state index contributed by atoms with van der Waals surface area (Å²) in [6.45, 7) is 5.75. The first-order valence-corrected chi connectivity index (χ1v) is 16.4. The predicted molar refractivity (Wildman–Crippen MR) is 184 cm³/mol. The summed E-state index contributed by atoms with van der Waals surface area (Å²) in [5, 5.41) is 2.42. The summed E-state index contributed by atoms with van der Waals surface area (Å²) in [5.41, 5.74) is 6.81. The van der Waals surface area contributed by atoms with Crippen LogP contribution in [0.2, 0.25) is 0 Å². The molecule has 0 amide bonds. The van der Waals surface area contributed by atoms with Gasteiger partial charge in [-0.15, -0.1) is 0 Å². The first-order chi connectivity index (χ1) is 23.2. The molecule has 236 valence electrons. The summed E-state index contributed by atoms with van der Waals surface area (Å²) in [6.07, 6.45) is 2.14. The molecule has 0 fully saturated rings. The number of imidazole rings is 1. The monoisotopic (exact) mass is 623 g/mol. The van der Waals surface area contributed by atoms with Crippen LogP contribution in [0.3, 0.4) is 0 Å². The number of ether oxygens (including phenoxy) is 4. The molecule has 0 atom stereocenters. The quantitative estimate of drug-likeness (QED) is 0.144. The van der Waals surface area contributed by atoms with Crippen LogP contribution in [-0.4, -0.2) is 28.0 Å². The Morgan fingerprint density at radius 2 is 1.30 bits per heavy atom. The standard InChI is InChI=1S/C40H37N3O4/c1-2-3-20-43-34(39(31-11-5-4-6-12-31)41-40(43)33-15-9-13-30-10-7-8-14-32(30)33)25-42(23-28-16-18-35-37(21-28)46-26-44-35)24-29-17-19-36-38(22-29)47-27-45-36/h4-19,21-22H,2-3,20,23-27H2,1H3. The van der Waals surface area contributed by atoms with E-state index >= 15 is 0 Å². The zero-order valence-corrected chi connectivity index (χ0v) is 26.5. The van der Waals surface area contributed by atoms with Crippen molar-refractivity contribution < 1.29 is 18.9 Å². The normalized spacial score (nSPS) is 13.1. The van der Waals surface area contributed by atoms with E-state index in [9.17, 15) is 0 Å². The molecule has 3 heterocycles. The average Bonchev–Trinajstić information content (AvgIpc) is 3.86. The third kappa shape index (κ3) is 5.90. The number of nitrogens with zero attached hydrogens (tertiary/aromatic N) is 3. The van der Waals surface area contributed by atoms with Gasteiger partial charge in [0.15, 0.2) is 23.0 Å². The zero-order chi connectivity index (χ0) is 31.6. The molecule has 2 aliphatic heterocycles. The Kier molecular flexibility index (Phi) is 7.97. The van der Waals surface area contributed by atoms with Crippen molar-refractivity contribution in [1.82, 2.24) is 14.5 Å². The SMILES string of the molecule is CCCCn1c(-c2cccc3ccccc23)nc(-c2ccccc2)c1CN(Cc1ccc2c(c1)OCO2)Cc1ccc2c(c1)OCO2. The van der Waals surface area contributed by atoms with Crippen molar-refractivity contribution in [3.63, 3.8) is 0 Å². The van der Waals surface area contributed by atoms with Crippen molar-refractivity contribution in [1.29, 1.82) is 0 Å². The van der Waals surface area contributed by atoms with Crippen LogP contribution in [0, 0.1) is 0 Å². The molecule has 8 rings (SSSR count). The maximum atomic E-state index is 5.75. The number of hydrogen-bond donors (Lipinski definition) is 0. The first-order valence-electron chi connectivity index (χ1n) is 16.4. The molecule has 0 spiro atoms. The van der Waals surface area contributed by atoms with Crippen LogP contribution in [0.5, 0.6) is 23.0 Å². The zero-order valence-electron chi connectivity index (χ0n) is 26.5. The van der Waals surface area contributed by atoms with Crippen molar-refractivity contribution in [2.45, 2.75) is 45.9 Å². The predicted octanol–water partition coefficient (Wildman–Crippen LogP) is 8.83. The van der Waals surface area contributed by atoms with E-state index in [0.717, 1.165) is 76.2 Å². The first kappa shape index (κ1) is 29.2. The molecular formula is C40H37N3O4. The number of fused-ring (bicyclic) bond motifs is 3. The fourth-order valence-corrected chi connectivity index (χ4v) is 6.63. The second kappa shape index (κ2) is 12.9. The average molecular weight is 624 g/mol. The van der Waals surface area contributed by atoms with E-state index < -0.39 is 0 Å². The lowest BCUT2D eigenvalue weighted by Gasteiger charge is -2.25. The molecule has 1 aromatic heterocycles. The van der Waals surface area contributed by atoms with Gasteiger partial charge in [0.1, 0.15) is 5.82 Å². The Morgan fingerprint density at radius 3 is 2.00 bits per heavy atom. The maximum Gasteiger partial charge on any atom is 0.231 e. The highest BCUT2D eigenvalue weighted by atomic mass is 16.7. The minimum absolute atomic E-state index is 0.258. The van der Waals surface area contributed by atoms with Crippen LogP contribution >= 0.6 is 0 Å². The van der Waals surface area contributed by atoms with Gasteiger partial charge in [-0.1, -0.05) is 98.3 Å². The van der Waals surface area contributed by atoms with E-state index in [4.69, 9.17) is 23.9 Å². The summed E-state index contributed by atoms with van der Waals surface area (Å²) in [5.74, 6) is 4.18.